The van der Waals surface area contributed by atoms with Crippen LogP contribution in [0.15, 0.2) is 47.4 Å². The summed E-state index contributed by atoms with van der Waals surface area (Å²) >= 11 is 0. The van der Waals surface area contributed by atoms with E-state index in [0.29, 0.717) is 5.75 Å². The molecule has 1 unspecified atom stereocenters. The number of carbonyl (C=O) groups is 2. The molecule has 8 heteroatoms. The Labute approximate surface area is 164 Å². The lowest BCUT2D eigenvalue weighted by Crippen LogP contribution is -2.40. The van der Waals surface area contributed by atoms with Crippen molar-refractivity contribution in [3.8, 4) is 5.75 Å². The Morgan fingerprint density at radius 1 is 1.18 bits per heavy atom. The first-order chi connectivity index (χ1) is 13.2. The smallest absolute Gasteiger partial charge is 0.264 e. The van der Waals surface area contributed by atoms with Gasteiger partial charge in [0.25, 0.3) is 10.0 Å². The van der Waals surface area contributed by atoms with Crippen molar-refractivity contribution in [2.75, 3.05) is 18.0 Å². The molecule has 148 valence electrons. The molecule has 2 aromatic carbocycles. The molecule has 0 aliphatic carbocycles. The van der Waals surface area contributed by atoms with Crippen molar-refractivity contribution < 1.29 is 22.7 Å². The second kappa shape index (κ2) is 7.63. The number of benzene rings is 2. The highest BCUT2D eigenvalue weighted by Crippen LogP contribution is 2.34. The molecule has 0 spiro atoms. The Morgan fingerprint density at radius 2 is 1.86 bits per heavy atom. The third-order valence-electron chi connectivity index (χ3n) is 4.66. The van der Waals surface area contributed by atoms with E-state index in [-0.39, 0.29) is 40.8 Å². The first kappa shape index (κ1) is 19.9. The molecule has 2 aromatic rings. The van der Waals surface area contributed by atoms with Crippen molar-refractivity contribution in [2.24, 2.45) is 0 Å². The van der Waals surface area contributed by atoms with Gasteiger partial charge in [-0.3, -0.25) is 13.9 Å². The molecule has 0 radical (unpaired) electrons. The highest BCUT2D eigenvalue weighted by Gasteiger charge is 2.35. The number of fused-ring (bicyclic) bond motifs is 1. The number of Topliss-reactive ketones (excluding diaryl/α,β-unsaturated/α-hetero) is 1. The average molecular weight is 402 g/mol. The molecule has 1 atom stereocenters. The van der Waals surface area contributed by atoms with Crippen molar-refractivity contribution in [1.82, 2.24) is 5.32 Å². The van der Waals surface area contributed by atoms with Gasteiger partial charge in [-0.2, -0.15) is 0 Å². The number of anilines is 1. The number of hydrogen-bond donors (Lipinski definition) is 1. The molecule has 0 saturated heterocycles. The number of hydrogen-bond acceptors (Lipinski definition) is 5. The molecule has 28 heavy (non-hydrogen) atoms. The van der Waals surface area contributed by atoms with Crippen molar-refractivity contribution >= 4 is 27.4 Å². The van der Waals surface area contributed by atoms with Gasteiger partial charge in [0.05, 0.1) is 23.7 Å². The minimum Gasteiger partial charge on any atom is -0.497 e. The molecule has 0 bridgehead atoms. The molecule has 1 aliphatic rings. The number of sulfonamides is 1. The number of methoxy groups -OCH3 is 1. The van der Waals surface area contributed by atoms with Crippen LogP contribution in [0.5, 0.6) is 5.75 Å². The number of nitrogens with zero attached hydrogens (tertiary/aromatic N) is 1. The first-order valence-electron chi connectivity index (χ1n) is 8.83. The molecule has 1 N–H and O–H groups in total. The van der Waals surface area contributed by atoms with Gasteiger partial charge in [-0.15, -0.1) is 0 Å². The van der Waals surface area contributed by atoms with Crippen LogP contribution in [0, 0.1) is 6.92 Å². The Hall–Kier alpha value is -2.87. The maximum Gasteiger partial charge on any atom is 0.264 e. The minimum absolute atomic E-state index is 0.0487. The van der Waals surface area contributed by atoms with E-state index in [4.69, 9.17) is 4.74 Å². The number of ketones is 1. The molecular weight excluding hydrogens is 380 g/mol. The van der Waals surface area contributed by atoms with Crippen molar-refractivity contribution in [3.05, 3.63) is 53.6 Å². The van der Waals surface area contributed by atoms with Gasteiger partial charge in [-0.05, 0) is 37.6 Å². The largest absolute Gasteiger partial charge is 0.497 e. The third-order valence-corrected chi connectivity index (χ3v) is 6.49. The molecule has 0 fully saturated rings. The second-order valence-corrected chi connectivity index (χ2v) is 8.54. The summed E-state index contributed by atoms with van der Waals surface area (Å²) in [5.74, 6) is -0.230. The van der Waals surface area contributed by atoms with Gasteiger partial charge in [-0.25, -0.2) is 8.42 Å². The molecule has 7 nitrogen and oxygen atoms in total. The van der Waals surface area contributed by atoms with E-state index in [9.17, 15) is 18.0 Å². The molecule has 1 heterocycles. The Morgan fingerprint density at radius 3 is 2.46 bits per heavy atom. The number of ether oxygens (including phenoxy) is 1. The Bertz CT molecular complexity index is 1020. The monoisotopic (exact) mass is 402 g/mol. The lowest BCUT2D eigenvalue weighted by Gasteiger charge is -2.24. The zero-order valence-electron chi connectivity index (χ0n) is 15.9. The van der Waals surface area contributed by atoms with Crippen LogP contribution in [-0.2, 0) is 14.8 Å². The molecule has 1 amide bonds. The summed E-state index contributed by atoms with van der Waals surface area (Å²) in [6, 6.07) is 10.4. The van der Waals surface area contributed by atoms with Gasteiger partial charge in [0.1, 0.15) is 5.75 Å². The van der Waals surface area contributed by atoms with Crippen LogP contribution in [0.1, 0.15) is 29.3 Å². The fourth-order valence-electron chi connectivity index (χ4n) is 3.21. The van der Waals surface area contributed by atoms with E-state index in [2.05, 4.69) is 5.32 Å². The summed E-state index contributed by atoms with van der Waals surface area (Å²) < 4.78 is 33.1. The molecule has 1 aliphatic heterocycles. The van der Waals surface area contributed by atoms with Crippen LogP contribution in [0.2, 0.25) is 0 Å². The van der Waals surface area contributed by atoms with Crippen LogP contribution >= 0.6 is 0 Å². The lowest BCUT2D eigenvalue weighted by atomic mass is 10.0. The van der Waals surface area contributed by atoms with Gasteiger partial charge >= 0.3 is 0 Å². The maximum atomic E-state index is 13.3. The van der Waals surface area contributed by atoms with Gasteiger partial charge in [0.2, 0.25) is 5.91 Å². The number of aryl methyl sites for hydroxylation is 1. The predicted octanol–water partition coefficient (Wildman–Crippen LogP) is 2.29. The van der Waals surface area contributed by atoms with E-state index in [0.717, 1.165) is 5.56 Å². The van der Waals surface area contributed by atoms with Gasteiger partial charge in [-0.1, -0.05) is 17.7 Å². The summed E-state index contributed by atoms with van der Waals surface area (Å²) in [5.41, 5.74) is 1.42. The van der Waals surface area contributed by atoms with Crippen molar-refractivity contribution in [1.29, 1.82) is 0 Å². The van der Waals surface area contributed by atoms with E-state index in [1.807, 2.05) is 6.92 Å². The van der Waals surface area contributed by atoms with Gasteiger partial charge in [0.15, 0.2) is 5.78 Å². The summed E-state index contributed by atoms with van der Waals surface area (Å²) in [6.07, 6.45) is 0.167. The normalized spacial score (nSPS) is 16.9. The topological polar surface area (TPSA) is 92.8 Å². The highest BCUT2D eigenvalue weighted by molar-refractivity contribution is 7.92. The van der Waals surface area contributed by atoms with Crippen LogP contribution in [0.4, 0.5) is 5.69 Å². The van der Waals surface area contributed by atoms with Crippen LogP contribution in [0.25, 0.3) is 0 Å². The van der Waals surface area contributed by atoms with Crippen LogP contribution in [-0.4, -0.2) is 39.8 Å². The summed E-state index contributed by atoms with van der Waals surface area (Å²) in [7, 11) is -2.43. The fraction of sp³-hybridized carbons (Fsp3) is 0.300. The van der Waals surface area contributed by atoms with Crippen molar-refractivity contribution in [3.63, 3.8) is 0 Å². The van der Waals surface area contributed by atoms with E-state index in [1.165, 1.54) is 30.5 Å². The lowest BCUT2D eigenvalue weighted by molar-refractivity contribution is -0.119. The standard InChI is InChI=1S/C20H22N2O5S/c1-13-4-7-16(8-5-13)28(25,26)22-11-10-18(21-14(2)23)20(24)17-9-6-15(27-3)12-19(17)22/h4-9,12,18H,10-11H2,1-3H3,(H,21,23). The zero-order chi connectivity index (χ0) is 20.5. The number of nitrogens with one attached hydrogen (secondary N) is 1. The predicted molar refractivity (Wildman–Crippen MR) is 105 cm³/mol. The quantitative estimate of drug-likeness (QED) is 0.847. The number of carbonyl (C=O) groups excluding carboxylic acids is 2. The zero-order valence-corrected chi connectivity index (χ0v) is 16.7. The minimum atomic E-state index is -3.90. The summed E-state index contributed by atoms with van der Waals surface area (Å²) in [4.78, 5) is 24.6. The third kappa shape index (κ3) is 3.73. The summed E-state index contributed by atoms with van der Waals surface area (Å²) in [5, 5.41) is 2.62. The average Bonchev–Trinajstić information content (AvgIpc) is 2.79. The Kier molecular flexibility index (Phi) is 5.42. The number of amides is 1. The Balaban J connectivity index is 2.14. The number of rotatable bonds is 4. The van der Waals surface area contributed by atoms with E-state index >= 15 is 0 Å². The highest BCUT2D eigenvalue weighted by atomic mass is 32.2. The molecule has 0 aromatic heterocycles. The second-order valence-electron chi connectivity index (χ2n) is 6.68. The molecule has 0 saturated carbocycles. The van der Waals surface area contributed by atoms with Gasteiger partial charge in [0, 0.05) is 25.1 Å². The van der Waals surface area contributed by atoms with Crippen molar-refractivity contribution in [2.45, 2.75) is 31.2 Å². The van der Waals surface area contributed by atoms with E-state index < -0.39 is 16.1 Å². The van der Waals surface area contributed by atoms with Crippen LogP contribution < -0.4 is 14.4 Å². The van der Waals surface area contributed by atoms with Crippen LogP contribution in [0.3, 0.4) is 0 Å². The molecular formula is C20H22N2O5S. The first-order valence-corrected chi connectivity index (χ1v) is 10.3. The van der Waals surface area contributed by atoms with E-state index in [1.54, 1.807) is 30.3 Å². The maximum absolute atomic E-state index is 13.3. The van der Waals surface area contributed by atoms with Gasteiger partial charge < -0.3 is 10.1 Å². The fourth-order valence-corrected chi connectivity index (χ4v) is 4.70. The molecule has 3 rings (SSSR count). The SMILES string of the molecule is COc1ccc2c(c1)N(S(=O)(=O)c1ccc(C)cc1)CCC(NC(C)=O)C2=O. The summed E-state index contributed by atoms with van der Waals surface area (Å²) in [6.45, 7) is 3.25.